The van der Waals surface area contributed by atoms with Crippen LogP contribution in [0.3, 0.4) is 0 Å². The predicted octanol–water partition coefficient (Wildman–Crippen LogP) is 3.86. The molecule has 0 saturated carbocycles. The molecule has 0 bridgehead atoms. The van der Waals surface area contributed by atoms with Gasteiger partial charge in [0.15, 0.2) is 0 Å². The van der Waals surface area contributed by atoms with Crippen LogP contribution in [0.4, 0.5) is 0 Å². The first-order valence-electron chi connectivity index (χ1n) is 5.95. The standard InChI is InChI=1S/C9H9N3O.2C2H6/c1-7(6-13)12-10-8-4-2-3-5-9(8)11-12;2*1-2/h2-6,13H,1H3;2*1-2H3/b7-6-;;. The van der Waals surface area contributed by atoms with Gasteiger partial charge in [-0.2, -0.15) is 4.80 Å². The molecule has 0 spiro atoms. The van der Waals surface area contributed by atoms with Gasteiger partial charge in [0.25, 0.3) is 0 Å². The van der Waals surface area contributed by atoms with Gasteiger partial charge in [-0.3, -0.25) is 0 Å². The maximum absolute atomic E-state index is 8.75. The molecule has 0 aliphatic heterocycles. The molecule has 0 unspecified atom stereocenters. The third kappa shape index (κ3) is 3.90. The zero-order valence-electron chi connectivity index (χ0n) is 11.2. The Morgan fingerprint density at radius 1 is 1.06 bits per heavy atom. The van der Waals surface area contributed by atoms with E-state index in [1.807, 2.05) is 52.0 Å². The average Bonchev–Trinajstić information content (AvgIpc) is 2.86. The molecule has 0 atom stereocenters. The summed E-state index contributed by atoms with van der Waals surface area (Å²) in [6.45, 7) is 9.74. The van der Waals surface area contributed by atoms with E-state index in [2.05, 4.69) is 10.2 Å². The lowest BCUT2D eigenvalue weighted by atomic mass is 10.3. The second-order valence-corrected chi connectivity index (χ2v) is 2.75. The van der Waals surface area contributed by atoms with Gasteiger partial charge < -0.3 is 5.11 Å². The highest BCUT2D eigenvalue weighted by molar-refractivity contribution is 5.73. The van der Waals surface area contributed by atoms with E-state index in [0.29, 0.717) is 5.70 Å². The summed E-state index contributed by atoms with van der Waals surface area (Å²) in [4.78, 5) is 1.41. The van der Waals surface area contributed by atoms with Crippen molar-refractivity contribution < 1.29 is 5.11 Å². The SMILES string of the molecule is C/C(=C/O)n1nc2ccccc2n1.CC.CC. The summed E-state index contributed by atoms with van der Waals surface area (Å²) in [5.41, 5.74) is 2.24. The van der Waals surface area contributed by atoms with Gasteiger partial charge in [-0.25, -0.2) is 0 Å². The third-order valence-corrected chi connectivity index (χ3v) is 1.79. The van der Waals surface area contributed by atoms with Crippen LogP contribution in [0.15, 0.2) is 30.5 Å². The van der Waals surface area contributed by atoms with Gasteiger partial charge in [0.05, 0.1) is 5.70 Å². The van der Waals surface area contributed by atoms with Gasteiger partial charge in [0.1, 0.15) is 17.3 Å². The number of aliphatic hydroxyl groups excluding tert-OH is 1. The van der Waals surface area contributed by atoms with E-state index in [-0.39, 0.29) is 0 Å². The topological polar surface area (TPSA) is 50.9 Å². The van der Waals surface area contributed by atoms with E-state index < -0.39 is 0 Å². The molecule has 2 rings (SSSR count). The van der Waals surface area contributed by atoms with Crippen molar-refractivity contribution in [2.75, 3.05) is 0 Å². The highest BCUT2D eigenvalue weighted by Crippen LogP contribution is 2.09. The summed E-state index contributed by atoms with van der Waals surface area (Å²) >= 11 is 0. The molecule has 94 valence electrons. The fourth-order valence-corrected chi connectivity index (χ4v) is 1.07. The van der Waals surface area contributed by atoms with E-state index in [1.54, 1.807) is 6.92 Å². The summed E-state index contributed by atoms with van der Waals surface area (Å²) < 4.78 is 0. The van der Waals surface area contributed by atoms with E-state index >= 15 is 0 Å². The minimum atomic E-state index is 0.594. The monoisotopic (exact) mass is 235 g/mol. The Balaban J connectivity index is 0.000000581. The number of rotatable bonds is 1. The van der Waals surface area contributed by atoms with Crippen LogP contribution in [0.5, 0.6) is 0 Å². The Labute approximate surface area is 103 Å². The number of nitrogens with zero attached hydrogens (tertiary/aromatic N) is 3. The van der Waals surface area contributed by atoms with Gasteiger partial charge in [0.2, 0.25) is 0 Å². The normalized spacial score (nSPS) is 10.1. The lowest BCUT2D eigenvalue weighted by Crippen LogP contribution is -1.97. The Kier molecular flexibility index (Phi) is 7.43. The van der Waals surface area contributed by atoms with Crippen molar-refractivity contribution in [1.82, 2.24) is 15.0 Å². The molecule has 0 fully saturated rings. The van der Waals surface area contributed by atoms with Crippen molar-refractivity contribution in [3.05, 3.63) is 30.5 Å². The maximum Gasteiger partial charge on any atom is 0.113 e. The molecule has 0 aliphatic rings. The number of aromatic nitrogens is 3. The number of hydrogen-bond donors (Lipinski definition) is 1. The van der Waals surface area contributed by atoms with E-state index in [9.17, 15) is 0 Å². The molecule has 1 aromatic carbocycles. The lowest BCUT2D eigenvalue weighted by Gasteiger charge is -1.93. The largest absolute Gasteiger partial charge is 0.514 e. The van der Waals surface area contributed by atoms with Gasteiger partial charge in [-0.1, -0.05) is 39.8 Å². The molecule has 17 heavy (non-hydrogen) atoms. The molecule has 0 saturated heterocycles. The quantitative estimate of drug-likeness (QED) is 0.763. The first-order valence-corrected chi connectivity index (χ1v) is 5.95. The minimum Gasteiger partial charge on any atom is -0.514 e. The van der Waals surface area contributed by atoms with Crippen LogP contribution in [0.1, 0.15) is 34.6 Å². The summed E-state index contributed by atoms with van der Waals surface area (Å²) in [6.07, 6.45) is 0.985. The Morgan fingerprint density at radius 3 is 1.82 bits per heavy atom. The van der Waals surface area contributed by atoms with Crippen molar-refractivity contribution in [2.45, 2.75) is 34.6 Å². The molecule has 1 N–H and O–H groups in total. The second-order valence-electron chi connectivity index (χ2n) is 2.75. The average molecular weight is 235 g/mol. The minimum absolute atomic E-state index is 0.594. The Morgan fingerprint density at radius 2 is 1.47 bits per heavy atom. The van der Waals surface area contributed by atoms with Crippen LogP contribution in [0.25, 0.3) is 16.7 Å². The molecule has 0 radical (unpaired) electrons. The van der Waals surface area contributed by atoms with Crippen LogP contribution in [0, 0.1) is 0 Å². The lowest BCUT2D eigenvalue weighted by molar-refractivity contribution is 0.469. The molecule has 4 nitrogen and oxygen atoms in total. The van der Waals surface area contributed by atoms with Crippen molar-refractivity contribution in [1.29, 1.82) is 0 Å². The van der Waals surface area contributed by atoms with Gasteiger partial charge >= 0.3 is 0 Å². The fraction of sp³-hybridized carbons (Fsp3) is 0.385. The molecule has 0 amide bonds. The second kappa shape index (κ2) is 8.33. The van der Waals surface area contributed by atoms with Crippen molar-refractivity contribution in [3.63, 3.8) is 0 Å². The number of allylic oxidation sites excluding steroid dienone is 1. The third-order valence-electron chi connectivity index (χ3n) is 1.79. The highest BCUT2D eigenvalue weighted by Gasteiger charge is 2.01. The first-order chi connectivity index (χ1) is 8.31. The summed E-state index contributed by atoms with van der Waals surface area (Å²) in [5, 5.41) is 17.1. The van der Waals surface area contributed by atoms with E-state index in [0.717, 1.165) is 17.3 Å². The first kappa shape index (κ1) is 15.2. The number of benzene rings is 1. The number of hydrogen-bond acceptors (Lipinski definition) is 3. The van der Waals surface area contributed by atoms with Crippen LogP contribution in [-0.4, -0.2) is 20.1 Å². The van der Waals surface area contributed by atoms with Crippen molar-refractivity contribution in [3.8, 4) is 0 Å². The van der Waals surface area contributed by atoms with E-state index in [1.165, 1.54) is 4.80 Å². The van der Waals surface area contributed by atoms with E-state index in [4.69, 9.17) is 5.11 Å². The molecule has 1 aromatic heterocycles. The smallest absolute Gasteiger partial charge is 0.113 e. The fourth-order valence-electron chi connectivity index (χ4n) is 1.07. The molecular formula is C13H21N3O. The van der Waals surface area contributed by atoms with Gasteiger partial charge in [-0.05, 0) is 19.1 Å². The van der Waals surface area contributed by atoms with Crippen molar-refractivity contribution in [2.24, 2.45) is 0 Å². The Bertz CT molecular complexity index is 427. The zero-order valence-corrected chi connectivity index (χ0v) is 11.2. The van der Waals surface area contributed by atoms with Crippen LogP contribution >= 0.6 is 0 Å². The summed E-state index contributed by atoms with van der Waals surface area (Å²) in [5.74, 6) is 0. The Hall–Kier alpha value is -1.84. The summed E-state index contributed by atoms with van der Waals surface area (Å²) in [6, 6.07) is 7.56. The predicted molar refractivity (Wildman–Crippen MR) is 72.8 cm³/mol. The molecule has 0 aliphatic carbocycles. The molecule has 2 aromatic rings. The van der Waals surface area contributed by atoms with Crippen LogP contribution in [0.2, 0.25) is 0 Å². The molecular weight excluding hydrogens is 214 g/mol. The van der Waals surface area contributed by atoms with Crippen molar-refractivity contribution >= 4 is 16.7 Å². The molecule has 1 heterocycles. The highest BCUT2D eigenvalue weighted by atomic mass is 16.2. The van der Waals surface area contributed by atoms with Crippen LogP contribution < -0.4 is 0 Å². The number of fused-ring (bicyclic) bond motifs is 1. The van der Waals surface area contributed by atoms with Crippen LogP contribution in [-0.2, 0) is 0 Å². The molecule has 4 heteroatoms. The maximum atomic E-state index is 8.75. The van der Waals surface area contributed by atoms with Gasteiger partial charge in [-0.15, -0.1) is 10.2 Å². The summed E-state index contributed by atoms with van der Waals surface area (Å²) in [7, 11) is 0. The van der Waals surface area contributed by atoms with Gasteiger partial charge in [0, 0.05) is 0 Å². The number of aliphatic hydroxyl groups is 1. The zero-order chi connectivity index (χ0) is 13.3.